The Morgan fingerprint density at radius 1 is 1.55 bits per heavy atom. The number of methoxy groups -OCH3 is 1. The molecule has 2 aliphatic heterocycles. The summed E-state index contributed by atoms with van der Waals surface area (Å²) in [5.74, 6) is -0.283. The Labute approximate surface area is 119 Å². The highest BCUT2D eigenvalue weighted by Crippen LogP contribution is 2.33. The Morgan fingerprint density at radius 2 is 2.35 bits per heavy atom. The number of amides is 2. The number of carbonyl (C=O) groups is 2. The summed E-state index contributed by atoms with van der Waals surface area (Å²) in [7, 11) is 1.32. The van der Waals surface area contributed by atoms with Crippen LogP contribution < -0.4 is 16.0 Å². The molecule has 0 bridgehead atoms. The molecule has 3 heterocycles. The lowest BCUT2D eigenvalue weighted by atomic mass is 10.2. The molecule has 3 N–H and O–H groups in total. The van der Waals surface area contributed by atoms with Gasteiger partial charge in [-0.2, -0.15) is 4.37 Å². The predicted octanol–water partition coefficient (Wildman–Crippen LogP) is -0.274. The lowest BCUT2D eigenvalue weighted by Gasteiger charge is -2.37. The zero-order chi connectivity index (χ0) is 14.3. The number of nitrogens with one attached hydrogen (secondary N) is 1. The molecule has 3 rings (SSSR count). The van der Waals surface area contributed by atoms with Gasteiger partial charge >= 0.3 is 12.0 Å². The second-order valence-electron chi connectivity index (χ2n) is 4.72. The summed E-state index contributed by atoms with van der Waals surface area (Å²) in [5.41, 5.74) is 6.07. The third-order valence-corrected chi connectivity index (χ3v) is 4.53. The van der Waals surface area contributed by atoms with Gasteiger partial charge < -0.3 is 25.6 Å². The quantitative estimate of drug-likeness (QED) is 0.729. The minimum absolute atomic E-state index is 0.0216. The number of esters is 1. The van der Waals surface area contributed by atoms with E-state index in [4.69, 9.17) is 10.5 Å². The van der Waals surface area contributed by atoms with E-state index in [0.29, 0.717) is 36.7 Å². The maximum atomic E-state index is 11.8. The number of hydrogen-bond acceptors (Lipinski definition) is 7. The Hall–Kier alpha value is -2.03. The molecule has 1 unspecified atom stereocenters. The normalized spacial score (nSPS) is 21.6. The number of nitrogen functional groups attached to an aromatic ring is 1. The van der Waals surface area contributed by atoms with Gasteiger partial charge in [-0.3, -0.25) is 0 Å². The van der Waals surface area contributed by atoms with E-state index in [9.17, 15) is 9.59 Å². The Bertz CT molecular complexity index is 560. The van der Waals surface area contributed by atoms with Gasteiger partial charge in [-0.25, -0.2) is 9.59 Å². The van der Waals surface area contributed by atoms with E-state index >= 15 is 0 Å². The van der Waals surface area contributed by atoms with Crippen LogP contribution in [0.3, 0.4) is 0 Å². The first-order chi connectivity index (χ1) is 9.61. The molecular formula is C11H15N5O3S. The molecule has 0 spiro atoms. The lowest BCUT2D eigenvalue weighted by Crippen LogP contribution is -2.52. The number of carbonyl (C=O) groups excluding carboxylic acids is 2. The van der Waals surface area contributed by atoms with E-state index < -0.39 is 5.97 Å². The van der Waals surface area contributed by atoms with Crippen LogP contribution in [0.1, 0.15) is 10.4 Å². The molecule has 0 aliphatic carbocycles. The predicted molar refractivity (Wildman–Crippen MR) is 74.0 cm³/mol. The molecule has 108 valence electrons. The maximum absolute atomic E-state index is 11.8. The van der Waals surface area contributed by atoms with Crippen LogP contribution in [0.15, 0.2) is 0 Å². The summed E-state index contributed by atoms with van der Waals surface area (Å²) >= 11 is 1.19. The first-order valence-corrected chi connectivity index (χ1v) is 7.02. The molecule has 2 aliphatic rings. The highest BCUT2D eigenvalue weighted by molar-refractivity contribution is 7.11. The van der Waals surface area contributed by atoms with Gasteiger partial charge in [-0.05, 0) is 11.5 Å². The van der Waals surface area contributed by atoms with E-state index in [1.807, 2.05) is 9.80 Å². The van der Waals surface area contributed by atoms with Crippen molar-refractivity contribution in [3.05, 3.63) is 5.56 Å². The van der Waals surface area contributed by atoms with Crippen molar-refractivity contribution in [2.45, 2.75) is 6.04 Å². The molecule has 1 atom stereocenters. The molecule has 8 nitrogen and oxygen atoms in total. The van der Waals surface area contributed by atoms with Crippen molar-refractivity contribution in [3.63, 3.8) is 0 Å². The smallest absolute Gasteiger partial charge is 0.344 e. The number of ether oxygens (including phenoxy) is 1. The lowest BCUT2D eigenvalue weighted by molar-refractivity contribution is 0.0602. The molecular weight excluding hydrogens is 282 g/mol. The van der Waals surface area contributed by atoms with Crippen molar-refractivity contribution in [1.82, 2.24) is 14.6 Å². The summed E-state index contributed by atoms with van der Waals surface area (Å²) in [4.78, 5) is 27.2. The SMILES string of the molecule is COC(=O)c1c(N)nsc1N1CCN2C(=O)NCC2C1. The van der Waals surface area contributed by atoms with E-state index in [-0.39, 0.29) is 17.9 Å². The molecule has 1 aromatic heterocycles. The molecule has 9 heteroatoms. The van der Waals surface area contributed by atoms with Crippen LogP contribution in [-0.2, 0) is 4.74 Å². The number of anilines is 2. The minimum atomic E-state index is -0.477. The Morgan fingerprint density at radius 3 is 3.10 bits per heavy atom. The van der Waals surface area contributed by atoms with Gasteiger partial charge in [0.05, 0.1) is 13.2 Å². The maximum Gasteiger partial charge on any atom is 0.344 e. The zero-order valence-corrected chi connectivity index (χ0v) is 11.8. The minimum Gasteiger partial charge on any atom is -0.465 e. The largest absolute Gasteiger partial charge is 0.465 e. The van der Waals surface area contributed by atoms with Crippen LogP contribution in [0.2, 0.25) is 0 Å². The van der Waals surface area contributed by atoms with Crippen molar-refractivity contribution in [3.8, 4) is 0 Å². The van der Waals surface area contributed by atoms with Gasteiger partial charge in [0, 0.05) is 26.2 Å². The van der Waals surface area contributed by atoms with Gasteiger partial charge in [0.25, 0.3) is 0 Å². The van der Waals surface area contributed by atoms with Crippen LogP contribution in [0, 0.1) is 0 Å². The molecule has 0 radical (unpaired) electrons. The number of hydrogen-bond donors (Lipinski definition) is 2. The molecule has 2 fully saturated rings. The van der Waals surface area contributed by atoms with Gasteiger partial charge in [-0.15, -0.1) is 0 Å². The van der Waals surface area contributed by atoms with Crippen LogP contribution in [0.25, 0.3) is 0 Å². The Kier molecular flexibility index (Phi) is 3.13. The van der Waals surface area contributed by atoms with Crippen molar-refractivity contribution in [1.29, 1.82) is 0 Å². The summed E-state index contributed by atoms with van der Waals surface area (Å²) in [6.07, 6.45) is 0. The van der Waals surface area contributed by atoms with Gasteiger partial charge in [-0.1, -0.05) is 0 Å². The van der Waals surface area contributed by atoms with Gasteiger partial charge in [0.15, 0.2) is 5.82 Å². The van der Waals surface area contributed by atoms with Crippen molar-refractivity contribution in [2.24, 2.45) is 0 Å². The van der Waals surface area contributed by atoms with E-state index in [1.165, 1.54) is 18.6 Å². The number of aromatic nitrogens is 1. The topological polar surface area (TPSA) is 101 Å². The first-order valence-electron chi connectivity index (χ1n) is 6.24. The highest BCUT2D eigenvalue weighted by Gasteiger charge is 2.37. The van der Waals surface area contributed by atoms with Crippen LogP contribution in [0.4, 0.5) is 15.6 Å². The third kappa shape index (κ3) is 1.94. The number of rotatable bonds is 2. The van der Waals surface area contributed by atoms with Gasteiger partial charge in [0.2, 0.25) is 0 Å². The van der Waals surface area contributed by atoms with E-state index in [2.05, 4.69) is 9.69 Å². The van der Waals surface area contributed by atoms with Crippen LogP contribution in [0.5, 0.6) is 0 Å². The second kappa shape index (κ2) is 4.82. The van der Waals surface area contributed by atoms with Gasteiger partial charge in [0.1, 0.15) is 10.6 Å². The van der Waals surface area contributed by atoms with E-state index in [1.54, 1.807) is 0 Å². The van der Waals surface area contributed by atoms with Crippen LogP contribution >= 0.6 is 11.5 Å². The second-order valence-corrected chi connectivity index (χ2v) is 5.47. The number of nitrogens with zero attached hydrogens (tertiary/aromatic N) is 3. The molecule has 2 amide bonds. The summed E-state index contributed by atoms with van der Waals surface area (Å²) in [6.45, 7) is 2.55. The fourth-order valence-electron chi connectivity index (χ4n) is 2.59. The molecule has 0 saturated carbocycles. The average molecular weight is 297 g/mol. The first kappa shape index (κ1) is 13.0. The summed E-state index contributed by atoms with van der Waals surface area (Å²) < 4.78 is 8.80. The highest BCUT2D eigenvalue weighted by atomic mass is 32.1. The Balaban J connectivity index is 1.84. The monoisotopic (exact) mass is 297 g/mol. The number of piperazine rings is 1. The molecule has 1 aromatic rings. The van der Waals surface area contributed by atoms with Crippen molar-refractivity contribution in [2.75, 3.05) is 43.9 Å². The number of nitrogens with two attached hydrogens (primary N) is 1. The summed E-state index contributed by atoms with van der Waals surface area (Å²) in [6, 6.07) is 0.0942. The summed E-state index contributed by atoms with van der Waals surface area (Å²) in [5, 5.41) is 3.54. The molecule has 0 aromatic carbocycles. The molecule has 20 heavy (non-hydrogen) atoms. The number of fused-ring (bicyclic) bond motifs is 1. The average Bonchev–Trinajstić information content (AvgIpc) is 3.01. The van der Waals surface area contributed by atoms with Crippen LogP contribution in [-0.4, -0.2) is 60.6 Å². The molecule has 2 saturated heterocycles. The standard InChI is InChI=1S/C11H15N5O3S/c1-19-10(17)7-8(12)14-20-9(7)15-2-3-16-6(5-15)4-13-11(16)18/h6H,2-5H2,1H3,(H2,12,14)(H,13,18). The fraction of sp³-hybridized carbons (Fsp3) is 0.545. The third-order valence-electron chi connectivity index (χ3n) is 3.61. The van der Waals surface area contributed by atoms with Crippen molar-refractivity contribution < 1.29 is 14.3 Å². The van der Waals surface area contributed by atoms with Crippen molar-refractivity contribution >= 4 is 34.4 Å². The fourth-order valence-corrected chi connectivity index (χ4v) is 3.43. The zero-order valence-electron chi connectivity index (χ0n) is 11.0. The van der Waals surface area contributed by atoms with E-state index in [0.717, 1.165) is 0 Å². The number of urea groups is 1.